The molecule has 0 fully saturated rings. The summed E-state index contributed by atoms with van der Waals surface area (Å²) in [5, 5.41) is 1.79. The van der Waals surface area contributed by atoms with Gasteiger partial charge in [-0.15, -0.1) is 0 Å². The summed E-state index contributed by atoms with van der Waals surface area (Å²) in [6.45, 7) is 2.04. The minimum atomic E-state index is -0.0163. The maximum atomic E-state index is 14.4. The van der Waals surface area contributed by atoms with Gasteiger partial charge in [-0.05, 0) is 70.8 Å². The second-order valence-electron chi connectivity index (χ2n) is 11.5. The van der Waals surface area contributed by atoms with Crippen LogP contribution in [0, 0.1) is 0 Å². The van der Waals surface area contributed by atoms with Gasteiger partial charge in [-0.2, -0.15) is 0 Å². The Balaban J connectivity index is 1.20. The molecule has 0 saturated heterocycles. The molecule has 0 aromatic heterocycles. The molecule has 0 aliphatic rings. The molecule has 236 valence electrons. The standard InChI is InChI=1S/C42H39NO4/c1-45-39-20-9-8-16-35(39)27-29-43(28-26-32-12-4-2-5-13-32)42(44)38-19-10-17-36-18-11-21-40(41(36)38)47-31-34-22-24-37(25-23-34)46-30-33-14-6-3-7-15-33/h2-25H,26-31H2,1H3. The number of carbonyl (C=O) groups excluding carboxylic acids is 1. The molecule has 6 aromatic carbocycles. The Morgan fingerprint density at radius 3 is 1.89 bits per heavy atom. The van der Waals surface area contributed by atoms with Crippen molar-refractivity contribution in [3.63, 3.8) is 0 Å². The Kier molecular flexibility index (Phi) is 10.5. The lowest BCUT2D eigenvalue weighted by Gasteiger charge is -2.25. The van der Waals surface area contributed by atoms with Crippen molar-refractivity contribution in [2.75, 3.05) is 20.2 Å². The van der Waals surface area contributed by atoms with Gasteiger partial charge in [0, 0.05) is 18.5 Å². The van der Waals surface area contributed by atoms with Crippen LogP contribution in [-0.4, -0.2) is 31.0 Å². The average molecular weight is 622 g/mol. The van der Waals surface area contributed by atoms with Gasteiger partial charge in [0.15, 0.2) is 0 Å². The van der Waals surface area contributed by atoms with Crippen molar-refractivity contribution in [3.8, 4) is 17.2 Å². The van der Waals surface area contributed by atoms with Gasteiger partial charge in [0.05, 0.1) is 12.7 Å². The highest BCUT2D eigenvalue weighted by Crippen LogP contribution is 2.31. The molecule has 1 amide bonds. The maximum absolute atomic E-state index is 14.4. The lowest BCUT2D eigenvalue weighted by molar-refractivity contribution is 0.0760. The molecular formula is C42H39NO4. The molecule has 0 spiro atoms. The lowest BCUT2D eigenvalue weighted by atomic mass is 10.0. The van der Waals surface area contributed by atoms with E-state index in [9.17, 15) is 4.79 Å². The zero-order valence-corrected chi connectivity index (χ0v) is 26.7. The van der Waals surface area contributed by atoms with Gasteiger partial charge in [0.1, 0.15) is 30.5 Å². The Morgan fingerprint density at radius 1 is 0.553 bits per heavy atom. The van der Waals surface area contributed by atoms with Crippen molar-refractivity contribution in [2.45, 2.75) is 26.1 Å². The fourth-order valence-corrected chi connectivity index (χ4v) is 5.75. The quantitative estimate of drug-likeness (QED) is 0.122. The topological polar surface area (TPSA) is 48.0 Å². The summed E-state index contributed by atoms with van der Waals surface area (Å²) in [5.74, 6) is 2.31. The minimum Gasteiger partial charge on any atom is -0.496 e. The van der Waals surface area contributed by atoms with Gasteiger partial charge < -0.3 is 19.1 Å². The van der Waals surface area contributed by atoms with Crippen molar-refractivity contribution in [1.29, 1.82) is 0 Å². The largest absolute Gasteiger partial charge is 0.496 e. The number of hydrogen-bond donors (Lipinski definition) is 0. The normalized spacial score (nSPS) is 10.8. The van der Waals surface area contributed by atoms with Crippen molar-refractivity contribution in [1.82, 2.24) is 4.90 Å². The van der Waals surface area contributed by atoms with E-state index in [0.717, 1.165) is 45.4 Å². The molecule has 0 unspecified atom stereocenters. The number of amides is 1. The van der Waals surface area contributed by atoms with E-state index in [0.29, 0.717) is 44.0 Å². The van der Waals surface area contributed by atoms with Gasteiger partial charge >= 0.3 is 0 Å². The summed E-state index contributed by atoms with van der Waals surface area (Å²) in [4.78, 5) is 16.4. The third-order valence-electron chi connectivity index (χ3n) is 8.31. The lowest BCUT2D eigenvalue weighted by Crippen LogP contribution is -2.35. The number of fused-ring (bicyclic) bond motifs is 1. The predicted octanol–water partition coefficient (Wildman–Crippen LogP) is 8.93. The number of nitrogens with zero attached hydrogens (tertiary/aromatic N) is 1. The average Bonchev–Trinajstić information content (AvgIpc) is 3.14. The Hall–Kier alpha value is -5.55. The van der Waals surface area contributed by atoms with Crippen LogP contribution in [0.2, 0.25) is 0 Å². The SMILES string of the molecule is COc1ccccc1CCN(CCc1ccccc1)C(=O)c1cccc2cccc(OCc3ccc(OCc4ccccc4)cc3)c12. The molecule has 0 atom stereocenters. The van der Waals surface area contributed by atoms with Gasteiger partial charge in [-0.1, -0.05) is 115 Å². The first kappa shape index (κ1) is 31.4. The molecule has 47 heavy (non-hydrogen) atoms. The van der Waals surface area contributed by atoms with E-state index in [-0.39, 0.29) is 5.91 Å². The minimum absolute atomic E-state index is 0.0163. The Labute approximate surface area is 277 Å². The van der Waals surface area contributed by atoms with Crippen molar-refractivity contribution in [2.24, 2.45) is 0 Å². The third-order valence-corrected chi connectivity index (χ3v) is 8.31. The van der Waals surface area contributed by atoms with Crippen LogP contribution >= 0.6 is 0 Å². The zero-order chi connectivity index (χ0) is 32.3. The third kappa shape index (κ3) is 8.19. The number of para-hydroxylation sites is 1. The molecule has 0 N–H and O–H groups in total. The molecule has 5 nitrogen and oxygen atoms in total. The van der Waals surface area contributed by atoms with E-state index in [4.69, 9.17) is 14.2 Å². The molecule has 0 bridgehead atoms. The van der Waals surface area contributed by atoms with Crippen molar-refractivity contribution in [3.05, 3.63) is 173 Å². The van der Waals surface area contributed by atoms with Gasteiger partial charge in [-0.3, -0.25) is 4.79 Å². The molecule has 0 radical (unpaired) electrons. The first-order valence-corrected chi connectivity index (χ1v) is 16.0. The van der Waals surface area contributed by atoms with Crippen LogP contribution in [-0.2, 0) is 26.1 Å². The molecule has 5 heteroatoms. The first-order chi connectivity index (χ1) is 23.2. The summed E-state index contributed by atoms with van der Waals surface area (Å²) in [6.07, 6.45) is 1.45. The highest BCUT2D eigenvalue weighted by Gasteiger charge is 2.21. The van der Waals surface area contributed by atoms with Crippen LogP contribution < -0.4 is 14.2 Å². The molecule has 0 aliphatic heterocycles. The summed E-state index contributed by atoms with van der Waals surface area (Å²) >= 11 is 0. The Bertz CT molecular complexity index is 1880. The summed E-state index contributed by atoms with van der Waals surface area (Å²) in [5.41, 5.74) is 5.04. The van der Waals surface area contributed by atoms with Crippen molar-refractivity contribution < 1.29 is 19.0 Å². The smallest absolute Gasteiger partial charge is 0.254 e. The molecule has 6 aromatic rings. The van der Waals surface area contributed by atoms with E-state index in [1.807, 2.05) is 132 Å². The number of benzene rings is 6. The number of carbonyl (C=O) groups is 1. The maximum Gasteiger partial charge on any atom is 0.254 e. The van der Waals surface area contributed by atoms with E-state index in [1.165, 1.54) is 5.56 Å². The van der Waals surface area contributed by atoms with E-state index >= 15 is 0 Å². The van der Waals surface area contributed by atoms with Gasteiger partial charge in [-0.25, -0.2) is 0 Å². The van der Waals surface area contributed by atoms with E-state index < -0.39 is 0 Å². The summed E-state index contributed by atoms with van der Waals surface area (Å²) < 4.78 is 18.0. The number of rotatable bonds is 14. The summed E-state index contributed by atoms with van der Waals surface area (Å²) in [6, 6.07) is 48.2. The summed E-state index contributed by atoms with van der Waals surface area (Å²) in [7, 11) is 1.68. The first-order valence-electron chi connectivity index (χ1n) is 16.0. The zero-order valence-electron chi connectivity index (χ0n) is 26.7. The highest BCUT2D eigenvalue weighted by molar-refractivity contribution is 6.09. The van der Waals surface area contributed by atoms with E-state index in [2.05, 4.69) is 18.2 Å². The van der Waals surface area contributed by atoms with Gasteiger partial charge in [0.2, 0.25) is 0 Å². The number of hydrogen-bond acceptors (Lipinski definition) is 4. The molecular weight excluding hydrogens is 582 g/mol. The molecule has 6 rings (SSSR count). The van der Waals surface area contributed by atoms with Crippen LogP contribution in [0.1, 0.15) is 32.6 Å². The fraction of sp³-hybridized carbons (Fsp3) is 0.167. The van der Waals surface area contributed by atoms with Crippen LogP contribution in [0.25, 0.3) is 10.8 Å². The van der Waals surface area contributed by atoms with Crippen LogP contribution in [0.5, 0.6) is 17.2 Å². The fourth-order valence-electron chi connectivity index (χ4n) is 5.75. The van der Waals surface area contributed by atoms with Crippen molar-refractivity contribution >= 4 is 16.7 Å². The number of methoxy groups -OCH3 is 1. The molecule has 0 saturated carbocycles. The second kappa shape index (κ2) is 15.6. The van der Waals surface area contributed by atoms with Crippen LogP contribution in [0.4, 0.5) is 0 Å². The van der Waals surface area contributed by atoms with E-state index in [1.54, 1.807) is 7.11 Å². The Morgan fingerprint density at radius 2 is 1.15 bits per heavy atom. The molecule has 0 aliphatic carbocycles. The predicted molar refractivity (Wildman–Crippen MR) is 188 cm³/mol. The van der Waals surface area contributed by atoms with Gasteiger partial charge in [0.25, 0.3) is 5.91 Å². The molecule has 0 heterocycles. The highest BCUT2D eigenvalue weighted by atomic mass is 16.5. The second-order valence-corrected chi connectivity index (χ2v) is 11.5. The van der Waals surface area contributed by atoms with Crippen LogP contribution in [0.15, 0.2) is 146 Å². The monoisotopic (exact) mass is 621 g/mol. The van der Waals surface area contributed by atoms with Crippen LogP contribution in [0.3, 0.4) is 0 Å². The number of ether oxygens (including phenoxy) is 3.